The predicted molar refractivity (Wildman–Crippen MR) is 96.8 cm³/mol. The smallest absolute Gasteiger partial charge is 0.326 e. The number of fused-ring (bicyclic) bond motifs is 1. The summed E-state index contributed by atoms with van der Waals surface area (Å²) in [7, 11) is 0. The van der Waals surface area contributed by atoms with Crippen molar-refractivity contribution in [3.63, 3.8) is 0 Å². The number of carbonyl (C=O) groups is 2. The molecule has 26 heavy (non-hydrogen) atoms. The quantitative estimate of drug-likeness (QED) is 0.742. The Labute approximate surface area is 158 Å². The second-order valence-corrected chi connectivity index (χ2v) is 6.83. The van der Waals surface area contributed by atoms with Crippen LogP contribution in [-0.4, -0.2) is 36.3 Å². The first-order chi connectivity index (χ1) is 12.5. The third-order valence-electron chi connectivity index (χ3n) is 3.68. The van der Waals surface area contributed by atoms with Crippen molar-refractivity contribution in [3.8, 4) is 0 Å². The van der Waals surface area contributed by atoms with Gasteiger partial charge in [-0.2, -0.15) is 4.99 Å². The molecular formula is C17H17ClN2O5S. The Kier molecular flexibility index (Phi) is 5.63. The first-order valence-electron chi connectivity index (χ1n) is 7.99. The van der Waals surface area contributed by atoms with E-state index in [1.54, 1.807) is 17.6 Å². The van der Waals surface area contributed by atoms with Gasteiger partial charge in [0, 0.05) is 5.02 Å². The molecule has 1 aromatic carbocycles. The van der Waals surface area contributed by atoms with Gasteiger partial charge in [0.1, 0.15) is 26.0 Å². The van der Waals surface area contributed by atoms with Gasteiger partial charge in [0.25, 0.3) is 0 Å². The number of thiazole rings is 1. The third kappa shape index (κ3) is 3.76. The van der Waals surface area contributed by atoms with Gasteiger partial charge in [0.15, 0.2) is 4.80 Å². The zero-order valence-corrected chi connectivity index (χ0v) is 15.9. The summed E-state index contributed by atoms with van der Waals surface area (Å²) in [6.45, 7) is 4.46. The topological polar surface area (TPSA) is 79.1 Å². The van der Waals surface area contributed by atoms with Crippen LogP contribution in [0.4, 0.5) is 0 Å². The van der Waals surface area contributed by atoms with Gasteiger partial charge >= 0.3 is 11.9 Å². The van der Waals surface area contributed by atoms with Crippen molar-refractivity contribution in [2.45, 2.75) is 20.4 Å². The Morgan fingerprint density at radius 1 is 1.38 bits per heavy atom. The van der Waals surface area contributed by atoms with E-state index in [-0.39, 0.29) is 25.5 Å². The van der Waals surface area contributed by atoms with Crippen LogP contribution in [0, 0.1) is 6.92 Å². The van der Waals surface area contributed by atoms with Crippen LogP contribution in [0.5, 0.6) is 0 Å². The van der Waals surface area contributed by atoms with Crippen LogP contribution in [0.25, 0.3) is 10.2 Å². The monoisotopic (exact) mass is 396 g/mol. The summed E-state index contributed by atoms with van der Waals surface area (Å²) in [6.07, 6.45) is 1.25. The zero-order chi connectivity index (χ0) is 18.7. The normalized spacial score (nSPS) is 14.6. The average Bonchev–Trinajstić information content (AvgIpc) is 2.97. The van der Waals surface area contributed by atoms with Gasteiger partial charge in [-0.3, -0.25) is 9.59 Å². The van der Waals surface area contributed by atoms with Crippen LogP contribution >= 0.6 is 22.9 Å². The second-order valence-electron chi connectivity index (χ2n) is 5.41. The minimum Gasteiger partial charge on any atom is -0.494 e. The molecule has 0 fully saturated rings. The summed E-state index contributed by atoms with van der Waals surface area (Å²) in [6, 6.07) is 3.61. The van der Waals surface area contributed by atoms with E-state index in [2.05, 4.69) is 4.99 Å². The molecule has 0 unspecified atom stereocenters. The maximum absolute atomic E-state index is 12.4. The van der Waals surface area contributed by atoms with Crippen LogP contribution in [0.3, 0.4) is 0 Å². The fourth-order valence-electron chi connectivity index (χ4n) is 2.51. The van der Waals surface area contributed by atoms with Crippen molar-refractivity contribution in [1.82, 2.24) is 4.57 Å². The zero-order valence-electron chi connectivity index (χ0n) is 14.3. The molecular weight excluding hydrogens is 380 g/mol. The summed E-state index contributed by atoms with van der Waals surface area (Å²) in [5.74, 6) is -0.958. The molecule has 0 spiro atoms. The number of hydrogen-bond acceptors (Lipinski definition) is 6. The number of benzene rings is 1. The third-order valence-corrected chi connectivity index (χ3v) is 5.13. The molecule has 1 aromatic heterocycles. The van der Waals surface area contributed by atoms with Crippen molar-refractivity contribution in [3.05, 3.63) is 39.5 Å². The molecule has 0 aliphatic carbocycles. The molecule has 0 radical (unpaired) electrons. The highest BCUT2D eigenvalue weighted by molar-refractivity contribution is 7.16. The average molecular weight is 397 g/mol. The summed E-state index contributed by atoms with van der Waals surface area (Å²) in [4.78, 5) is 28.9. The molecule has 1 aliphatic rings. The minimum absolute atomic E-state index is 0.0335. The second kappa shape index (κ2) is 7.92. The highest BCUT2D eigenvalue weighted by Crippen LogP contribution is 2.27. The highest BCUT2D eigenvalue weighted by Gasteiger charge is 2.18. The maximum atomic E-state index is 12.4. The molecule has 0 atom stereocenters. The Hall–Kier alpha value is -2.32. The van der Waals surface area contributed by atoms with Gasteiger partial charge < -0.3 is 18.8 Å². The Bertz CT molecular complexity index is 960. The summed E-state index contributed by atoms with van der Waals surface area (Å²) >= 11 is 7.51. The van der Waals surface area contributed by atoms with Crippen molar-refractivity contribution < 1.29 is 23.8 Å². The molecule has 0 N–H and O–H groups in total. The van der Waals surface area contributed by atoms with Gasteiger partial charge in [-0.25, -0.2) is 0 Å². The first-order valence-corrected chi connectivity index (χ1v) is 9.18. The van der Waals surface area contributed by atoms with Crippen LogP contribution in [-0.2, 0) is 30.3 Å². The molecule has 7 nitrogen and oxygen atoms in total. The number of halogens is 1. The molecule has 2 aromatic rings. The molecule has 1 amide bonds. The van der Waals surface area contributed by atoms with E-state index in [1.165, 1.54) is 17.6 Å². The SMILES string of the molecule is CCOC(=O)Cn1c(=NC(=O)C2=COCCO2)sc2ccc(Cl)c(C)c21. The largest absolute Gasteiger partial charge is 0.494 e. The Morgan fingerprint density at radius 2 is 2.19 bits per heavy atom. The fourth-order valence-corrected chi connectivity index (χ4v) is 3.75. The van der Waals surface area contributed by atoms with Gasteiger partial charge in [-0.15, -0.1) is 0 Å². The number of rotatable bonds is 4. The van der Waals surface area contributed by atoms with Gasteiger partial charge in [-0.05, 0) is 31.5 Å². The lowest BCUT2D eigenvalue weighted by atomic mass is 10.2. The molecule has 0 saturated carbocycles. The van der Waals surface area contributed by atoms with Gasteiger partial charge in [0.2, 0.25) is 5.76 Å². The van der Waals surface area contributed by atoms with Crippen molar-refractivity contribution in [2.24, 2.45) is 4.99 Å². The highest BCUT2D eigenvalue weighted by atomic mass is 35.5. The van der Waals surface area contributed by atoms with Gasteiger partial charge in [0.05, 0.1) is 16.8 Å². The number of ether oxygens (including phenoxy) is 3. The Morgan fingerprint density at radius 3 is 2.88 bits per heavy atom. The Balaban J connectivity index is 2.12. The molecule has 138 valence electrons. The van der Waals surface area contributed by atoms with Crippen molar-refractivity contribution in [1.29, 1.82) is 0 Å². The van der Waals surface area contributed by atoms with E-state index in [9.17, 15) is 9.59 Å². The molecule has 3 rings (SSSR count). The van der Waals surface area contributed by atoms with E-state index in [1.807, 2.05) is 13.0 Å². The van der Waals surface area contributed by atoms with E-state index >= 15 is 0 Å². The summed E-state index contributed by atoms with van der Waals surface area (Å²) < 4.78 is 17.9. The number of esters is 1. The standard InChI is InChI=1S/C17H17ClN2O5S/c1-3-24-14(21)8-20-15-10(2)11(18)4-5-13(15)26-17(20)19-16(22)12-9-23-6-7-25-12/h4-5,9H,3,6-8H2,1-2H3. The fraction of sp³-hybridized carbons (Fsp3) is 0.353. The molecule has 2 heterocycles. The predicted octanol–water partition coefficient (Wildman–Crippen LogP) is 2.54. The lowest BCUT2D eigenvalue weighted by Gasteiger charge is -2.12. The van der Waals surface area contributed by atoms with Crippen LogP contribution in [0.15, 0.2) is 29.1 Å². The lowest BCUT2D eigenvalue weighted by molar-refractivity contribution is -0.143. The molecule has 0 saturated heterocycles. The summed E-state index contributed by atoms with van der Waals surface area (Å²) in [5.41, 5.74) is 1.55. The number of nitrogens with zero attached hydrogens (tertiary/aromatic N) is 2. The number of aryl methyl sites for hydroxylation is 1. The first kappa shape index (κ1) is 18.5. The lowest BCUT2D eigenvalue weighted by Crippen LogP contribution is -2.24. The van der Waals surface area contributed by atoms with Crippen LogP contribution < -0.4 is 4.80 Å². The number of hydrogen-bond donors (Lipinski definition) is 0. The van der Waals surface area contributed by atoms with E-state index in [4.69, 9.17) is 25.8 Å². The van der Waals surface area contributed by atoms with Gasteiger partial charge in [-0.1, -0.05) is 22.9 Å². The van der Waals surface area contributed by atoms with Crippen LogP contribution in [0.2, 0.25) is 5.02 Å². The number of carbonyl (C=O) groups excluding carboxylic acids is 2. The van der Waals surface area contributed by atoms with E-state index in [0.717, 1.165) is 15.8 Å². The number of amides is 1. The minimum atomic E-state index is -0.572. The van der Waals surface area contributed by atoms with Crippen molar-refractivity contribution >= 4 is 45.0 Å². The molecule has 1 aliphatic heterocycles. The van der Waals surface area contributed by atoms with E-state index < -0.39 is 11.9 Å². The van der Waals surface area contributed by atoms with E-state index in [0.29, 0.717) is 16.4 Å². The van der Waals surface area contributed by atoms with Crippen molar-refractivity contribution in [2.75, 3.05) is 19.8 Å². The number of aromatic nitrogens is 1. The van der Waals surface area contributed by atoms with Crippen LogP contribution in [0.1, 0.15) is 12.5 Å². The molecule has 0 bridgehead atoms. The molecule has 9 heteroatoms. The summed E-state index contributed by atoms with van der Waals surface area (Å²) in [5, 5.41) is 0.567. The maximum Gasteiger partial charge on any atom is 0.326 e.